The van der Waals surface area contributed by atoms with Crippen molar-refractivity contribution in [2.45, 2.75) is 38.9 Å². The fourth-order valence-corrected chi connectivity index (χ4v) is 3.47. The minimum Gasteiger partial charge on any atom is -0.365 e. The highest BCUT2D eigenvalue weighted by Gasteiger charge is 2.34. The number of nitrogens with one attached hydrogen (secondary N) is 1. The van der Waals surface area contributed by atoms with Crippen molar-refractivity contribution in [1.29, 1.82) is 0 Å². The van der Waals surface area contributed by atoms with E-state index in [9.17, 15) is 0 Å². The monoisotopic (exact) mass is 283 g/mol. The highest BCUT2D eigenvalue weighted by molar-refractivity contribution is 5.83. The van der Waals surface area contributed by atoms with E-state index >= 15 is 0 Å². The van der Waals surface area contributed by atoms with E-state index in [1.54, 1.807) is 0 Å². The van der Waals surface area contributed by atoms with Crippen LogP contribution >= 0.6 is 0 Å². The number of ether oxygens (including phenoxy) is 1. The molecule has 3 rings (SSSR count). The number of rotatable bonds is 3. The molecule has 0 aromatic heterocycles. The van der Waals surface area contributed by atoms with Gasteiger partial charge < -0.3 is 10.1 Å². The van der Waals surface area contributed by atoms with E-state index in [0.717, 1.165) is 19.5 Å². The number of hydrogen-bond donors (Lipinski definition) is 1. The van der Waals surface area contributed by atoms with Crippen LogP contribution < -0.4 is 5.32 Å². The van der Waals surface area contributed by atoms with Crippen LogP contribution in [0.3, 0.4) is 0 Å². The first-order valence-corrected chi connectivity index (χ1v) is 7.93. The van der Waals surface area contributed by atoms with Gasteiger partial charge in [0.1, 0.15) is 0 Å². The van der Waals surface area contributed by atoms with Crippen LogP contribution in [-0.4, -0.2) is 18.7 Å². The molecule has 0 bridgehead atoms. The Morgan fingerprint density at radius 3 is 2.71 bits per heavy atom. The van der Waals surface area contributed by atoms with Crippen LogP contribution in [0.4, 0.5) is 0 Å². The normalized spacial score (nSPS) is 26.4. The lowest BCUT2D eigenvalue weighted by atomic mass is 9.91. The second-order valence-corrected chi connectivity index (χ2v) is 6.89. The van der Waals surface area contributed by atoms with Crippen molar-refractivity contribution in [3.05, 3.63) is 48.0 Å². The average molecular weight is 283 g/mol. The molecule has 2 aromatic rings. The molecular formula is C19H25NO. The van der Waals surface area contributed by atoms with E-state index in [-0.39, 0.29) is 11.7 Å². The lowest BCUT2D eigenvalue weighted by molar-refractivity contribution is -0.117. The Labute approximate surface area is 127 Å². The number of hydrogen-bond acceptors (Lipinski definition) is 2. The van der Waals surface area contributed by atoms with Crippen molar-refractivity contribution >= 4 is 10.8 Å². The second-order valence-electron chi connectivity index (χ2n) is 6.89. The zero-order valence-corrected chi connectivity index (χ0v) is 13.2. The van der Waals surface area contributed by atoms with Crippen LogP contribution in [0.1, 0.15) is 38.9 Å². The lowest BCUT2D eigenvalue weighted by Crippen LogP contribution is -2.49. The largest absolute Gasteiger partial charge is 0.365 e. The summed E-state index contributed by atoms with van der Waals surface area (Å²) in [4.78, 5) is 0. The maximum absolute atomic E-state index is 6.46. The van der Waals surface area contributed by atoms with Gasteiger partial charge in [0, 0.05) is 13.1 Å². The molecule has 2 unspecified atom stereocenters. The molecule has 2 heteroatoms. The third-order valence-corrected chi connectivity index (χ3v) is 4.24. The minimum atomic E-state index is -0.0667. The van der Waals surface area contributed by atoms with Gasteiger partial charge in [-0.25, -0.2) is 0 Å². The number of benzene rings is 2. The first-order chi connectivity index (χ1) is 10.1. The van der Waals surface area contributed by atoms with Gasteiger partial charge in [0.15, 0.2) is 0 Å². The van der Waals surface area contributed by atoms with Gasteiger partial charge >= 0.3 is 0 Å². The standard InChI is InChI=1S/C19H25NO/c1-14(2)11-19(3)13-20-12-18(21-19)17-9-8-15-6-4-5-7-16(15)10-17/h4-10,14,18,20H,11-13H2,1-3H3. The van der Waals surface area contributed by atoms with Crippen LogP contribution in [0.25, 0.3) is 10.8 Å². The minimum absolute atomic E-state index is 0.0667. The van der Waals surface area contributed by atoms with Gasteiger partial charge in [-0.1, -0.05) is 50.2 Å². The summed E-state index contributed by atoms with van der Waals surface area (Å²) >= 11 is 0. The summed E-state index contributed by atoms with van der Waals surface area (Å²) in [6.45, 7) is 8.58. The Morgan fingerprint density at radius 2 is 1.95 bits per heavy atom. The summed E-state index contributed by atoms with van der Waals surface area (Å²) < 4.78 is 6.46. The maximum Gasteiger partial charge on any atom is 0.0957 e. The molecule has 1 saturated heterocycles. The molecule has 0 aliphatic carbocycles. The van der Waals surface area contributed by atoms with E-state index in [1.807, 2.05) is 0 Å². The summed E-state index contributed by atoms with van der Waals surface area (Å²) in [6, 6.07) is 15.2. The SMILES string of the molecule is CC(C)CC1(C)CNCC(c2ccc3ccccc3c2)O1. The molecular weight excluding hydrogens is 258 g/mol. The molecule has 2 aromatic carbocycles. The van der Waals surface area contributed by atoms with Crippen LogP contribution in [0.15, 0.2) is 42.5 Å². The smallest absolute Gasteiger partial charge is 0.0957 e. The van der Waals surface area contributed by atoms with Crippen LogP contribution in [0.5, 0.6) is 0 Å². The van der Waals surface area contributed by atoms with Crippen molar-refractivity contribution < 1.29 is 4.74 Å². The topological polar surface area (TPSA) is 21.3 Å². The molecule has 2 nitrogen and oxygen atoms in total. The van der Waals surface area contributed by atoms with Gasteiger partial charge in [0.05, 0.1) is 11.7 Å². The fraction of sp³-hybridized carbons (Fsp3) is 0.474. The molecule has 1 N–H and O–H groups in total. The summed E-state index contributed by atoms with van der Waals surface area (Å²) in [5.74, 6) is 0.646. The number of fused-ring (bicyclic) bond motifs is 1. The van der Waals surface area contributed by atoms with Gasteiger partial charge in [0.2, 0.25) is 0 Å². The molecule has 1 heterocycles. The molecule has 112 valence electrons. The molecule has 0 spiro atoms. The van der Waals surface area contributed by atoms with Gasteiger partial charge in [-0.05, 0) is 41.7 Å². The Kier molecular flexibility index (Phi) is 4.01. The molecule has 1 aliphatic rings. The van der Waals surface area contributed by atoms with E-state index in [0.29, 0.717) is 5.92 Å². The quantitative estimate of drug-likeness (QED) is 0.906. The van der Waals surface area contributed by atoms with Crippen LogP contribution in [0, 0.1) is 5.92 Å². The van der Waals surface area contributed by atoms with Crippen molar-refractivity contribution in [3.63, 3.8) is 0 Å². The molecule has 21 heavy (non-hydrogen) atoms. The molecule has 0 amide bonds. The predicted octanol–water partition coefficient (Wildman–Crippen LogP) is 4.31. The fourth-order valence-electron chi connectivity index (χ4n) is 3.47. The highest BCUT2D eigenvalue weighted by Crippen LogP contribution is 2.32. The average Bonchev–Trinajstić information content (AvgIpc) is 2.45. The maximum atomic E-state index is 6.46. The van der Waals surface area contributed by atoms with E-state index < -0.39 is 0 Å². The summed E-state index contributed by atoms with van der Waals surface area (Å²) in [5.41, 5.74) is 1.21. The third-order valence-electron chi connectivity index (χ3n) is 4.24. The Bertz CT molecular complexity index is 622. The summed E-state index contributed by atoms with van der Waals surface area (Å²) in [5, 5.41) is 6.13. The van der Waals surface area contributed by atoms with Crippen molar-refractivity contribution in [3.8, 4) is 0 Å². The van der Waals surface area contributed by atoms with E-state index in [2.05, 4.69) is 68.6 Å². The first-order valence-electron chi connectivity index (χ1n) is 7.93. The number of morpholine rings is 1. The van der Waals surface area contributed by atoms with Crippen LogP contribution in [0.2, 0.25) is 0 Å². The molecule has 2 atom stereocenters. The summed E-state index contributed by atoms with van der Waals surface area (Å²) in [7, 11) is 0. The molecule has 0 saturated carbocycles. The Morgan fingerprint density at radius 1 is 1.19 bits per heavy atom. The third kappa shape index (κ3) is 3.28. The molecule has 0 radical (unpaired) electrons. The van der Waals surface area contributed by atoms with Crippen molar-refractivity contribution in [1.82, 2.24) is 5.32 Å². The summed E-state index contributed by atoms with van der Waals surface area (Å²) in [6.07, 6.45) is 1.23. The molecule has 1 fully saturated rings. The zero-order valence-electron chi connectivity index (χ0n) is 13.2. The lowest BCUT2D eigenvalue weighted by Gasteiger charge is -2.40. The van der Waals surface area contributed by atoms with Crippen LogP contribution in [-0.2, 0) is 4.74 Å². The zero-order chi connectivity index (χ0) is 14.9. The molecule has 1 aliphatic heterocycles. The van der Waals surface area contributed by atoms with Gasteiger partial charge in [0.25, 0.3) is 0 Å². The Hall–Kier alpha value is -1.38. The van der Waals surface area contributed by atoms with Crippen molar-refractivity contribution in [2.24, 2.45) is 5.92 Å². The van der Waals surface area contributed by atoms with Crippen molar-refractivity contribution in [2.75, 3.05) is 13.1 Å². The first kappa shape index (κ1) is 14.6. The van der Waals surface area contributed by atoms with E-state index in [4.69, 9.17) is 4.74 Å². The van der Waals surface area contributed by atoms with E-state index in [1.165, 1.54) is 16.3 Å². The predicted molar refractivity (Wildman–Crippen MR) is 88.5 cm³/mol. The van der Waals surface area contributed by atoms with Gasteiger partial charge in [-0.2, -0.15) is 0 Å². The van der Waals surface area contributed by atoms with Gasteiger partial charge in [-0.3, -0.25) is 0 Å². The van der Waals surface area contributed by atoms with Gasteiger partial charge in [-0.15, -0.1) is 0 Å². The Balaban J connectivity index is 1.84. The second kappa shape index (κ2) is 5.78. The highest BCUT2D eigenvalue weighted by atomic mass is 16.5.